The van der Waals surface area contributed by atoms with Crippen LogP contribution in [0.5, 0.6) is 11.5 Å². The van der Waals surface area contributed by atoms with Crippen molar-refractivity contribution >= 4 is 78.5 Å². The lowest BCUT2D eigenvalue weighted by atomic mass is 10.2. The van der Waals surface area contributed by atoms with Gasteiger partial charge in [-0.25, -0.2) is 18.2 Å². The molecule has 2 aromatic carbocycles. The highest BCUT2D eigenvalue weighted by atomic mass is 127. The van der Waals surface area contributed by atoms with Crippen molar-refractivity contribution in [2.75, 3.05) is 4.31 Å². The highest BCUT2D eigenvalue weighted by molar-refractivity contribution is 14.1. The summed E-state index contributed by atoms with van der Waals surface area (Å²) in [6, 6.07) is 11.3. The zero-order valence-electron chi connectivity index (χ0n) is 17.6. The van der Waals surface area contributed by atoms with Gasteiger partial charge in [-0.1, -0.05) is 0 Å². The lowest BCUT2D eigenvalue weighted by Gasteiger charge is -2.25. The molecule has 0 saturated heterocycles. The van der Waals surface area contributed by atoms with Gasteiger partial charge in [-0.05, 0) is 102 Å². The van der Waals surface area contributed by atoms with Gasteiger partial charge in [-0.15, -0.1) is 15.6 Å². The van der Waals surface area contributed by atoms with Crippen LogP contribution >= 0.6 is 56.5 Å². The molecule has 0 spiro atoms. The lowest BCUT2D eigenvalue weighted by molar-refractivity contribution is 0.0608. The molecular weight excluding hydrogens is 692 g/mol. The quantitative estimate of drug-likeness (QED) is 0.293. The Bertz CT molecular complexity index is 1330. The maximum absolute atomic E-state index is 13.4. The predicted molar refractivity (Wildman–Crippen MR) is 141 cm³/mol. The van der Waals surface area contributed by atoms with Crippen LogP contribution in [0.1, 0.15) is 26.3 Å². The van der Waals surface area contributed by atoms with E-state index in [2.05, 4.69) is 50.2 Å². The van der Waals surface area contributed by atoms with Gasteiger partial charge in [0.15, 0.2) is 5.82 Å². The number of halogens is 2. The van der Waals surface area contributed by atoms with Crippen molar-refractivity contribution in [1.82, 2.24) is 4.98 Å². The third-order valence-electron chi connectivity index (χ3n) is 3.91. The van der Waals surface area contributed by atoms with Gasteiger partial charge in [0.1, 0.15) is 23.2 Å². The van der Waals surface area contributed by atoms with Crippen molar-refractivity contribution in [3.8, 4) is 17.6 Å². The largest absolute Gasteiger partial charge is 0.455 e. The summed E-state index contributed by atoms with van der Waals surface area (Å²) in [5.41, 5.74) is 0.469. The molecule has 3 aromatic rings. The first-order valence-electron chi connectivity index (χ1n) is 9.26. The molecule has 0 unspecified atom stereocenters. The third-order valence-corrected chi connectivity index (χ3v) is 7.66. The van der Waals surface area contributed by atoms with Gasteiger partial charge in [0, 0.05) is 8.95 Å². The van der Waals surface area contributed by atoms with Crippen molar-refractivity contribution in [3.05, 3.63) is 60.0 Å². The standard InChI is InChI=1S/C21H17I2N3O5S2/c1-21(2,3)31-20(27)26(19-11-32-12-25-19)33(28,29)15-5-7-17(13(8-15)10-24)30-18-6-4-14(22)9-16(18)23/h4-9,11-12H,1-3H3. The van der Waals surface area contributed by atoms with Crippen LogP contribution in [0.3, 0.4) is 0 Å². The molecule has 172 valence electrons. The van der Waals surface area contributed by atoms with Crippen LogP contribution in [0.4, 0.5) is 10.6 Å². The van der Waals surface area contributed by atoms with Crippen LogP contribution in [-0.4, -0.2) is 25.1 Å². The van der Waals surface area contributed by atoms with Crippen molar-refractivity contribution in [2.45, 2.75) is 31.3 Å². The van der Waals surface area contributed by atoms with E-state index in [4.69, 9.17) is 9.47 Å². The minimum Gasteiger partial charge on any atom is -0.455 e. The first kappa shape index (κ1) is 25.7. The van der Waals surface area contributed by atoms with Crippen molar-refractivity contribution in [2.24, 2.45) is 0 Å². The van der Waals surface area contributed by atoms with Crippen LogP contribution in [0.15, 0.2) is 52.2 Å². The van der Waals surface area contributed by atoms with Crippen LogP contribution in [0, 0.1) is 18.5 Å². The van der Waals surface area contributed by atoms with E-state index < -0.39 is 21.7 Å². The van der Waals surface area contributed by atoms with E-state index in [1.54, 1.807) is 26.8 Å². The molecule has 1 aromatic heterocycles. The van der Waals surface area contributed by atoms with Crippen molar-refractivity contribution < 1.29 is 22.7 Å². The lowest BCUT2D eigenvalue weighted by Crippen LogP contribution is -2.41. The molecule has 12 heteroatoms. The molecular formula is C21H17I2N3O5S2. The summed E-state index contributed by atoms with van der Waals surface area (Å²) in [5, 5.41) is 11.1. The fourth-order valence-electron chi connectivity index (χ4n) is 2.55. The van der Waals surface area contributed by atoms with E-state index in [-0.39, 0.29) is 22.0 Å². The number of thiazole rings is 1. The number of ether oxygens (including phenoxy) is 2. The van der Waals surface area contributed by atoms with Crippen LogP contribution < -0.4 is 9.04 Å². The van der Waals surface area contributed by atoms with E-state index in [9.17, 15) is 18.5 Å². The average Bonchev–Trinajstić information content (AvgIpc) is 3.22. The molecule has 1 heterocycles. The molecule has 0 aliphatic carbocycles. The molecule has 0 N–H and O–H groups in total. The summed E-state index contributed by atoms with van der Waals surface area (Å²) in [5.74, 6) is 0.621. The molecule has 0 aliphatic heterocycles. The number of rotatable bonds is 5. The number of hydrogen-bond donors (Lipinski definition) is 0. The summed E-state index contributed by atoms with van der Waals surface area (Å²) in [7, 11) is -4.44. The Morgan fingerprint density at radius 2 is 1.85 bits per heavy atom. The minimum atomic E-state index is -4.44. The van der Waals surface area contributed by atoms with Crippen molar-refractivity contribution in [3.63, 3.8) is 0 Å². The maximum Gasteiger partial charge on any atom is 0.430 e. The van der Waals surface area contributed by atoms with Gasteiger partial charge >= 0.3 is 6.09 Å². The van der Waals surface area contributed by atoms with E-state index in [0.29, 0.717) is 10.1 Å². The number of sulfonamides is 1. The molecule has 0 bridgehead atoms. The van der Waals surface area contributed by atoms with E-state index in [1.807, 2.05) is 18.2 Å². The van der Waals surface area contributed by atoms with Crippen LogP contribution in [-0.2, 0) is 14.8 Å². The van der Waals surface area contributed by atoms with Gasteiger partial charge in [-0.2, -0.15) is 5.26 Å². The topological polar surface area (TPSA) is 110 Å². The number of hydrogen-bond acceptors (Lipinski definition) is 8. The monoisotopic (exact) mass is 709 g/mol. The molecule has 0 aliphatic rings. The van der Waals surface area contributed by atoms with Crippen molar-refractivity contribution in [1.29, 1.82) is 5.26 Å². The smallest absolute Gasteiger partial charge is 0.430 e. The van der Waals surface area contributed by atoms with Gasteiger partial charge in [-0.3, -0.25) is 0 Å². The third kappa shape index (κ3) is 6.14. The van der Waals surface area contributed by atoms with Crippen LogP contribution in [0.2, 0.25) is 0 Å². The first-order valence-corrected chi connectivity index (χ1v) is 13.8. The van der Waals surface area contributed by atoms with Gasteiger partial charge in [0.2, 0.25) is 0 Å². The van der Waals surface area contributed by atoms with E-state index >= 15 is 0 Å². The highest BCUT2D eigenvalue weighted by Crippen LogP contribution is 2.33. The minimum absolute atomic E-state index is 0.00663. The Labute approximate surface area is 222 Å². The Hall–Kier alpha value is -1.96. The Kier molecular flexibility index (Phi) is 7.87. The predicted octanol–water partition coefficient (Wildman–Crippen LogP) is 6.15. The SMILES string of the molecule is CC(C)(C)OC(=O)N(c1cscn1)S(=O)(=O)c1ccc(Oc2ccc(I)cc2I)c(C#N)c1. The number of carbonyl (C=O) groups excluding carboxylic acids is 1. The second kappa shape index (κ2) is 10.1. The molecule has 33 heavy (non-hydrogen) atoms. The summed E-state index contributed by atoms with van der Waals surface area (Å²) in [6.45, 7) is 4.88. The molecule has 8 nitrogen and oxygen atoms in total. The molecule has 1 amide bonds. The Morgan fingerprint density at radius 1 is 1.15 bits per heavy atom. The maximum atomic E-state index is 13.4. The van der Waals surface area contributed by atoms with Crippen LogP contribution in [0.25, 0.3) is 0 Å². The first-order chi connectivity index (χ1) is 15.4. The zero-order valence-corrected chi connectivity index (χ0v) is 23.5. The van der Waals surface area contributed by atoms with E-state index in [0.717, 1.165) is 24.5 Å². The number of aromatic nitrogens is 1. The Morgan fingerprint density at radius 3 is 2.42 bits per heavy atom. The zero-order chi connectivity index (χ0) is 24.4. The number of benzene rings is 2. The summed E-state index contributed by atoms with van der Waals surface area (Å²) in [4.78, 5) is 16.5. The normalized spacial score (nSPS) is 11.5. The van der Waals surface area contributed by atoms with E-state index in [1.165, 1.54) is 23.0 Å². The Balaban J connectivity index is 2.02. The molecule has 0 fully saturated rings. The van der Waals surface area contributed by atoms with Gasteiger partial charge in [0.05, 0.1) is 19.5 Å². The van der Waals surface area contributed by atoms with Gasteiger partial charge in [0.25, 0.3) is 10.0 Å². The number of amides is 1. The number of nitrogens with zero attached hydrogens (tertiary/aromatic N) is 3. The fraction of sp³-hybridized carbons (Fsp3) is 0.190. The molecule has 0 radical (unpaired) electrons. The number of anilines is 1. The summed E-state index contributed by atoms with van der Waals surface area (Å²) < 4.78 is 40.4. The fourth-order valence-corrected chi connectivity index (χ4v) is 6.15. The average molecular weight is 709 g/mol. The molecule has 0 atom stereocenters. The summed E-state index contributed by atoms with van der Waals surface area (Å²) >= 11 is 5.42. The van der Waals surface area contributed by atoms with Gasteiger partial charge < -0.3 is 9.47 Å². The summed E-state index contributed by atoms with van der Waals surface area (Å²) in [6.07, 6.45) is -1.10. The highest BCUT2D eigenvalue weighted by Gasteiger charge is 2.36. The number of nitriles is 1. The number of carbonyl (C=O) groups is 1. The second-order valence-electron chi connectivity index (χ2n) is 7.54. The second-order valence-corrected chi connectivity index (χ2v) is 12.5. The molecule has 0 saturated carbocycles. The molecule has 3 rings (SSSR count).